The van der Waals surface area contributed by atoms with Crippen molar-refractivity contribution in [3.63, 3.8) is 0 Å². The predicted molar refractivity (Wildman–Crippen MR) is 82.6 cm³/mol. The number of rotatable bonds is 4. The monoisotopic (exact) mass is 299 g/mol. The van der Waals surface area contributed by atoms with Crippen molar-refractivity contribution in [3.05, 3.63) is 65.2 Å². The molecule has 0 spiro atoms. The number of nitrogens with one attached hydrogen (secondary N) is 1. The normalized spacial score (nSPS) is 12.1. The van der Waals surface area contributed by atoms with Gasteiger partial charge in [0.15, 0.2) is 0 Å². The predicted octanol–water partition coefficient (Wildman–Crippen LogP) is 3.49. The first-order valence-corrected chi connectivity index (χ1v) is 6.97. The van der Waals surface area contributed by atoms with Gasteiger partial charge in [-0.25, -0.2) is 0 Å². The summed E-state index contributed by atoms with van der Waals surface area (Å²) in [7, 11) is 0. The Balaban J connectivity index is 1.85. The molecule has 0 amide bonds. The van der Waals surface area contributed by atoms with Crippen molar-refractivity contribution in [1.29, 1.82) is 0 Å². The molecule has 5 nitrogen and oxygen atoms in total. The van der Waals surface area contributed by atoms with Crippen LogP contribution in [0.1, 0.15) is 18.5 Å². The number of tetrazole rings is 1. The van der Waals surface area contributed by atoms with E-state index in [0.717, 1.165) is 11.3 Å². The van der Waals surface area contributed by atoms with E-state index in [-0.39, 0.29) is 6.04 Å². The lowest BCUT2D eigenvalue weighted by atomic mass is 10.1. The summed E-state index contributed by atoms with van der Waals surface area (Å²) in [6.07, 6.45) is 0. The maximum atomic E-state index is 6.02. The molecule has 1 N–H and O–H groups in total. The van der Waals surface area contributed by atoms with Crippen LogP contribution >= 0.6 is 11.6 Å². The molecule has 106 valence electrons. The molecule has 6 heteroatoms. The van der Waals surface area contributed by atoms with Gasteiger partial charge in [0.1, 0.15) is 0 Å². The van der Waals surface area contributed by atoms with E-state index in [9.17, 15) is 0 Å². The first-order valence-electron chi connectivity index (χ1n) is 6.60. The Kier molecular flexibility index (Phi) is 3.83. The molecule has 3 rings (SSSR count). The topological polar surface area (TPSA) is 55.6 Å². The second kappa shape index (κ2) is 5.93. The average molecular weight is 300 g/mol. The third-order valence-corrected chi connectivity index (χ3v) is 3.40. The summed E-state index contributed by atoms with van der Waals surface area (Å²) in [5, 5.41) is 15.8. The first kappa shape index (κ1) is 13.6. The van der Waals surface area contributed by atoms with Gasteiger partial charge in [-0.1, -0.05) is 47.0 Å². The van der Waals surface area contributed by atoms with Crippen LogP contribution in [0.5, 0.6) is 0 Å². The van der Waals surface area contributed by atoms with Crippen molar-refractivity contribution in [3.8, 4) is 5.69 Å². The quantitative estimate of drug-likeness (QED) is 0.801. The summed E-state index contributed by atoms with van der Waals surface area (Å²) < 4.78 is 1.67. The average Bonchev–Trinajstić information content (AvgIpc) is 2.96. The van der Waals surface area contributed by atoms with Gasteiger partial charge in [-0.15, -0.1) is 0 Å². The van der Waals surface area contributed by atoms with Crippen LogP contribution in [0.25, 0.3) is 5.69 Å². The van der Waals surface area contributed by atoms with Crippen LogP contribution in [0.4, 0.5) is 5.95 Å². The molecule has 0 radical (unpaired) electrons. The number of para-hydroxylation sites is 1. The summed E-state index contributed by atoms with van der Waals surface area (Å²) in [5.74, 6) is 0.591. The lowest BCUT2D eigenvalue weighted by Gasteiger charge is -2.15. The molecule has 1 heterocycles. The minimum absolute atomic E-state index is 0.0390. The molecule has 1 aromatic heterocycles. The highest BCUT2D eigenvalue weighted by molar-refractivity contribution is 6.30. The number of halogens is 1. The van der Waals surface area contributed by atoms with Crippen LogP contribution in [-0.2, 0) is 0 Å². The Morgan fingerprint density at radius 1 is 1.10 bits per heavy atom. The van der Waals surface area contributed by atoms with E-state index < -0.39 is 0 Å². The van der Waals surface area contributed by atoms with Gasteiger partial charge in [0.2, 0.25) is 5.95 Å². The van der Waals surface area contributed by atoms with E-state index >= 15 is 0 Å². The molecular weight excluding hydrogens is 286 g/mol. The molecule has 0 saturated heterocycles. The van der Waals surface area contributed by atoms with E-state index in [1.54, 1.807) is 4.68 Å². The van der Waals surface area contributed by atoms with E-state index in [0.29, 0.717) is 11.0 Å². The molecule has 2 aromatic carbocycles. The number of hydrogen-bond donors (Lipinski definition) is 1. The number of hydrogen-bond acceptors (Lipinski definition) is 4. The summed E-state index contributed by atoms with van der Waals surface area (Å²) in [6, 6.07) is 17.5. The molecule has 0 aliphatic carbocycles. The Hall–Kier alpha value is -2.40. The van der Waals surface area contributed by atoms with Gasteiger partial charge >= 0.3 is 0 Å². The van der Waals surface area contributed by atoms with E-state index in [1.807, 2.05) is 61.5 Å². The zero-order valence-corrected chi connectivity index (χ0v) is 12.2. The Morgan fingerprint density at radius 3 is 2.67 bits per heavy atom. The molecule has 0 saturated carbocycles. The van der Waals surface area contributed by atoms with Crippen LogP contribution < -0.4 is 5.32 Å². The standard InChI is InChI=1S/C15H14ClN5/c1-11(12-6-5-7-13(16)10-12)17-15-18-19-20-21(15)14-8-3-2-4-9-14/h2-11H,1H3,(H,17,18,20). The van der Waals surface area contributed by atoms with Crippen LogP contribution in [-0.4, -0.2) is 20.2 Å². The van der Waals surface area contributed by atoms with Gasteiger partial charge in [-0.2, -0.15) is 4.68 Å². The second-order valence-corrected chi connectivity index (χ2v) is 5.11. The number of aromatic nitrogens is 4. The molecule has 21 heavy (non-hydrogen) atoms. The highest BCUT2D eigenvalue weighted by atomic mass is 35.5. The molecule has 0 fully saturated rings. The van der Waals surface area contributed by atoms with E-state index in [1.165, 1.54) is 0 Å². The zero-order chi connectivity index (χ0) is 14.7. The van der Waals surface area contributed by atoms with Crippen molar-refractivity contribution < 1.29 is 0 Å². The first-order chi connectivity index (χ1) is 10.2. The molecule has 3 aromatic rings. The molecule has 0 aliphatic rings. The van der Waals surface area contributed by atoms with Crippen LogP contribution in [0.2, 0.25) is 5.02 Å². The van der Waals surface area contributed by atoms with Crippen molar-refractivity contribution in [2.45, 2.75) is 13.0 Å². The van der Waals surface area contributed by atoms with Crippen molar-refractivity contribution in [2.75, 3.05) is 5.32 Å². The molecule has 0 bridgehead atoms. The van der Waals surface area contributed by atoms with Crippen LogP contribution in [0.15, 0.2) is 54.6 Å². The Bertz CT molecular complexity index is 726. The van der Waals surface area contributed by atoms with Crippen molar-refractivity contribution in [1.82, 2.24) is 20.2 Å². The summed E-state index contributed by atoms with van der Waals surface area (Å²) in [4.78, 5) is 0. The maximum Gasteiger partial charge on any atom is 0.248 e. The maximum absolute atomic E-state index is 6.02. The van der Waals surface area contributed by atoms with E-state index in [2.05, 4.69) is 20.8 Å². The van der Waals surface area contributed by atoms with Gasteiger partial charge in [-0.3, -0.25) is 0 Å². The molecule has 1 atom stereocenters. The fraction of sp³-hybridized carbons (Fsp3) is 0.133. The highest BCUT2D eigenvalue weighted by Gasteiger charge is 2.12. The fourth-order valence-corrected chi connectivity index (χ4v) is 2.27. The number of nitrogens with zero attached hydrogens (tertiary/aromatic N) is 4. The van der Waals surface area contributed by atoms with Gasteiger partial charge in [-0.05, 0) is 47.2 Å². The highest BCUT2D eigenvalue weighted by Crippen LogP contribution is 2.21. The second-order valence-electron chi connectivity index (χ2n) is 4.67. The number of benzene rings is 2. The van der Waals surface area contributed by atoms with Crippen LogP contribution in [0.3, 0.4) is 0 Å². The van der Waals surface area contributed by atoms with E-state index in [4.69, 9.17) is 11.6 Å². The zero-order valence-electron chi connectivity index (χ0n) is 11.4. The largest absolute Gasteiger partial charge is 0.346 e. The molecule has 1 unspecified atom stereocenters. The van der Waals surface area contributed by atoms with Gasteiger partial charge < -0.3 is 5.32 Å². The Labute approximate surface area is 127 Å². The minimum Gasteiger partial charge on any atom is -0.346 e. The van der Waals surface area contributed by atoms with Crippen molar-refractivity contribution >= 4 is 17.5 Å². The smallest absolute Gasteiger partial charge is 0.248 e. The van der Waals surface area contributed by atoms with Crippen molar-refractivity contribution in [2.24, 2.45) is 0 Å². The summed E-state index contributed by atoms with van der Waals surface area (Å²) in [6.45, 7) is 2.04. The lowest BCUT2D eigenvalue weighted by molar-refractivity contribution is 0.780. The van der Waals surface area contributed by atoms with Gasteiger partial charge in [0.05, 0.1) is 11.7 Å². The van der Waals surface area contributed by atoms with Gasteiger partial charge in [0, 0.05) is 5.02 Å². The van der Waals surface area contributed by atoms with Gasteiger partial charge in [0.25, 0.3) is 0 Å². The fourth-order valence-electron chi connectivity index (χ4n) is 2.07. The summed E-state index contributed by atoms with van der Waals surface area (Å²) >= 11 is 6.02. The Morgan fingerprint density at radius 2 is 1.90 bits per heavy atom. The SMILES string of the molecule is CC(Nc1nnnn1-c1ccccc1)c1cccc(Cl)c1. The minimum atomic E-state index is 0.0390. The summed E-state index contributed by atoms with van der Waals surface area (Å²) in [5.41, 5.74) is 1.98. The third-order valence-electron chi connectivity index (χ3n) is 3.16. The molecular formula is C15H14ClN5. The lowest BCUT2D eigenvalue weighted by Crippen LogP contribution is -2.11. The van der Waals surface area contributed by atoms with Crippen LogP contribution in [0, 0.1) is 0 Å². The third kappa shape index (κ3) is 3.03. The number of anilines is 1. The molecule has 0 aliphatic heterocycles.